The highest BCUT2D eigenvalue weighted by atomic mass is 79.9. The lowest BCUT2D eigenvalue weighted by Crippen LogP contribution is -2.03. The standard InChI is InChI=1S/C16H18BrN3/c1-3-18-15-9-14(11-6-7-11)19-16(20-15)12-5-4-10(2)13(17)8-12/h4-5,8-9,11H,3,6-7H2,1-2H3,(H,18,19,20). The van der Waals surface area contributed by atoms with Gasteiger partial charge in [-0.2, -0.15) is 0 Å². The quantitative estimate of drug-likeness (QED) is 0.894. The summed E-state index contributed by atoms with van der Waals surface area (Å²) in [4.78, 5) is 9.38. The van der Waals surface area contributed by atoms with Crippen molar-refractivity contribution in [1.82, 2.24) is 9.97 Å². The van der Waals surface area contributed by atoms with E-state index < -0.39 is 0 Å². The first-order valence-electron chi connectivity index (χ1n) is 7.06. The van der Waals surface area contributed by atoms with E-state index in [4.69, 9.17) is 4.98 Å². The van der Waals surface area contributed by atoms with Crippen molar-refractivity contribution in [2.45, 2.75) is 32.6 Å². The molecular weight excluding hydrogens is 314 g/mol. The van der Waals surface area contributed by atoms with E-state index in [9.17, 15) is 0 Å². The summed E-state index contributed by atoms with van der Waals surface area (Å²) in [6.45, 7) is 5.04. The number of hydrogen-bond donors (Lipinski definition) is 1. The predicted molar refractivity (Wildman–Crippen MR) is 86.0 cm³/mol. The summed E-state index contributed by atoms with van der Waals surface area (Å²) in [5.41, 5.74) is 3.45. The van der Waals surface area contributed by atoms with E-state index >= 15 is 0 Å². The lowest BCUT2D eigenvalue weighted by atomic mass is 10.1. The van der Waals surface area contributed by atoms with Gasteiger partial charge < -0.3 is 5.32 Å². The molecule has 3 nitrogen and oxygen atoms in total. The Morgan fingerprint density at radius 3 is 2.70 bits per heavy atom. The van der Waals surface area contributed by atoms with E-state index in [1.165, 1.54) is 24.1 Å². The number of halogens is 1. The maximum atomic E-state index is 4.75. The second-order valence-electron chi connectivity index (χ2n) is 5.27. The average molecular weight is 332 g/mol. The zero-order valence-electron chi connectivity index (χ0n) is 11.8. The minimum atomic E-state index is 0.628. The Labute approximate surface area is 128 Å². The average Bonchev–Trinajstić information content (AvgIpc) is 3.26. The number of aromatic nitrogens is 2. The molecule has 1 aliphatic carbocycles. The highest BCUT2D eigenvalue weighted by Crippen LogP contribution is 2.40. The lowest BCUT2D eigenvalue weighted by Gasteiger charge is -2.09. The zero-order chi connectivity index (χ0) is 14.1. The van der Waals surface area contributed by atoms with Crippen LogP contribution < -0.4 is 5.32 Å². The SMILES string of the molecule is CCNc1cc(C2CC2)nc(-c2ccc(C)c(Br)c2)n1. The summed E-state index contributed by atoms with van der Waals surface area (Å²) in [7, 11) is 0. The van der Waals surface area contributed by atoms with Crippen molar-refractivity contribution in [2.75, 3.05) is 11.9 Å². The van der Waals surface area contributed by atoms with Crippen LogP contribution in [0.2, 0.25) is 0 Å². The number of hydrogen-bond acceptors (Lipinski definition) is 3. The van der Waals surface area contributed by atoms with Gasteiger partial charge in [0.2, 0.25) is 0 Å². The van der Waals surface area contributed by atoms with Crippen LogP contribution in [0.15, 0.2) is 28.7 Å². The molecule has 1 N–H and O–H groups in total. The van der Waals surface area contributed by atoms with Gasteiger partial charge in [-0.05, 0) is 38.3 Å². The van der Waals surface area contributed by atoms with Crippen LogP contribution in [0, 0.1) is 6.92 Å². The Hall–Kier alpha value is -1.42. The van der Waals surface area contributed by atoms with Gasteiger partial charge in [-0.1, -0.05) is 28.1 Å². The summed E-state index contributed by atoms with van der Waals surface area (Å²) in [5, 5.41) is 3.30. The smallest absolute Gasteiger partial charge is 0.161 e. The first-order chi connectivity index (χ1) is 9.67. The van der Waals surface area contributed by atoms with E-state index in [0.29, 0.717) is 5.92 Å². The summed E-state index contributed by atoms with van der Waals surface area (Å²) in [6.07, 6.45) is 2.50. The van der Waals surface area contributed by atoms with E-state index in [1.54, 1.807) is 0 Å². The normalized spacial score (nSPS) is 14.3. The first kappa shape index (κ1) is 13.6. The molecule has 1 fully saturated rings. The monoisotopic (exact) mass is 331 g/mol. The molecule has 0 unspecified atom stereocenters. The van der Waals surface area contributed by atoms with Crippen molar-refractivity contribution in [3.8, 4) is 11.4 Å². The predicted octanol–water partition coefficient (Wildman–Crippen LogP) is 4.52. The molecule has 1 heterocycles. The summed E-state index contributed by atoms with van der Waals surface area (Å²) in [6, 6.07) is 8.37. The number of benzene rings is 1. The van der Waals surface area contributed by atoms with Crippen LogP contribution in [0.1, 0.15) is 36.9 Å². The molecule has 0 spiro atoms. The molecule has 1 aliphatic rings. The molecule has 2 aromatic rings. The molecule has 104 valence electrons. The highest BCUT2D eigenvalue weighted by Gasteiger charge is 2.26. The second-order valence-corrected chi connectivity index (χ2v) is 6.12. The third-order valence-corrected chi connectivity index (χ3v) is 4.38. The second kappa shape index (κ2) is 5.52. The van der Waals surface area contributed by atoms with Gasteiger partial charge in [0, 0.05) is 34.3 Å². The molecule has 0 saturated heterocycles. The molecule has 20 heavy (non-hydrogen) atoms. The Kier molecular flexibility index (Phi) is 3.74. The van der Waals surface area contributed by atoms with Gasteiger partial charge >= 0.3 is 0 Å². The van der Waals surface area contributed by atoms with Crippen LogP contribution in [-0.4, -0.2) is 16.5 Å². The Bertz CT molecular complexity index is 636. The van der Waals surface area contributed by atoms with Crippen LogP contribution in [0.3, 0.4) is 0 Å². The number of anilines is 1. The zero-order valence-corrected chi connectivity index (χ0v) is 13.4. The third-order valence-electron chi connectivity index (χ3n) is 3.53. The van der Waals surface area contributed by atoms with Gasteiger partial charge in [-0.15, -0.1) is 0 Å². The first-order valence-corrected chi connectivity index (χ1v) is 7.86. The van der Waals surface area contributed by atoms with Gasteiger partial charge in [0.05, 0.1) is 0 Å². The molecule has 0 bridgehead atoms. The van der Waals surface area contributed by atoms with Gasteiger partial charge in [0.1, 0.15) is 5.82 Å². The molecule has 1 saturated carbocycles. The molecular formula is C16H18BrN3. The Morgan fingerprint density at radius 2 is 2.05 bits per heavy atom. The summed E-state index contributed by atoms with van der Waals surface area (Å²) in [5.74, 6) is 2.37. The van der Waals surface area contributed by atoms with E-state index in [2.05, 4.69) is 64.3 Å². The lowest BCUT2D eigenvalue weighted by molar-refractivity contribution is 0.988. The molecule has 4 heteroatoms. The number of nitrogens with one attached hydrogen (secondary N) is 1. The molecule has 3 rings (SSSR count). The molecule has 0 amide bonds. The third kappa shape index (κ3) is 2.85. The fraction of sp³-hybridized carbons (Fsp3) is 0.375. The van der Waals surface area contributed by atoms with Crippen LogP contribution >= 0.6 is 15.9 Å². The summed E-state index contributed by atoms with van der Waals surface area (Å²) >= 11 is 3.58. The number of rotatable bonds is 4. The van der Waals surface area contributed by atoms with Crippen molar-refractivity contribution in [1.29, 1.82) is 0 Å². The van der Waals surface area contributed by atoms with Crippen molar-refractivity contribution in [3.63, 3.8) is 0 Å². The Balaban J connectivity index is 2.04. The van der Waals surface area contributed by atoms with E-state index in [1.807, 2.05) is 0 Å². The number of nitrogens with zero attached hydrogens (tertiary/aromatic N) is 2. The molecule has 1 aromatic carbocycles. The highest BCUT2D eigenvalue weighted by molar-refractivity contribution is 9.10. The van der Waals surface area contributed by atoms with Crippen molar-refractivity contribution < 1.29 is 0 Å². The maximum Gasteiger partial charge on any atom is 0.161 e. The minimum absolute atomic E-state index is 0.628. The minimum Gasteiger partial charge on any atom is -0.370 e. The van der Waals surface area contributed by atoms with Gasteiger partial charge in [0.15, 0.2) is 5.82 Å². The van der Waals surface area contributed by atoms with Crippen LogP contribution in [0.4, 0.5) is 5.82 Å². The number of aryl methyl sites for hydroxylation is 1. The van der Waals surface area contributed by atoms with Crippen LogP contribution in [0.5, 0.6) is 0 Å². The Morgan fingerprint density at radius 1 is 1.25 bits per heavy atom. The van der Waals surface area contributed by atoms with E-state index in [0.717, 1.165) is 28.2 Å². The fourth-order valence-electron chi connectivity index (χ4n) is 2.19. The van der Waals surface area contributed by atoms with Gasteiger partial charge in [0.25, 0.3) is 0 Å². The van der Waals surface area contributed by atoms with Crippen molar-refractivity contribution in [3.05, 3.63) is 40.0 Å². The fourth-order valence-corrected chi connectivity index (χ4v) is 2.57. The van der Waals surface area contributed by atoms with Gasteiger partial charge in [-0.25, -0.2) is 9.97 Å². The molecule has 0 atom stereocenters. The largest absolute Gasteiger partial charge is 0.370 e. The van der Waals surface area contributed by atoms with Crippen LogP contribution in [0.25, 0.3) is 11.4 Å². The van der Waals surface area contributed by atoms with Gasteiger partial charge in [-0.3, -0.25) is 0 Å². The summed E-state index contributed by atoms with van der Waals surface area (Å²) < 4.78 is 1.10. The van der Waals surface area contributed by atoms with Crippen molar-refractivity contribution in [2.24, 2.45) is 0 Å². The maximum absolute atomic E-state index is 4.75. The molecule has 1 aromatic heterocycles. The molecule has 0 aliphatic heterocycles. The van der Waals surface area contributed by atoms with Crippen LogP contribution in [-0.2, 0) is 0 Å². The van der Waals surface area contributed by atoms with E-state index in [-0.39, 0.29) is 0 Å². The molecule has 0 radical (unpaired) electrons. The van der Waals surface area contributed by atoms with Crippen molar-refractivity contribution >= 4 is 21.7 Å². The topological polar surface area (TPSA) is 37.8 Å².